The van der Waals surface area contributed by atoms with Crippen molar-refractivity contribution in [3.8, 4) is 23.8 Å². The maximum absolute atomic E-state index is 12.7. The average molecular weight is 421 g/mol. The SMILES string of the molecule is C#CCOc1ccc(/C=C2/SC(=Nc3ccc(CC)cc3)N(C)C2=O)cc1OCC. The van der Waals surface area contributed by atoms with Crippen molar-refractivity contribution in [2.24, 2.45) is 4.99 Å². The third-order valence-electron chi connectivity index (χ3n) is 4.45. The van der Waals surface area contributed by atoms with E-state index >= 15 is 0 Å². The maximum Gasteiger partial charge on any atom is 0.266 e. The highest BCUT2D eigenvalue weighted by Crippen LogP contribution is 2.35. The zero-order valence-corrected chi connectivity index (χ0v) is 18.2. The fourth-order valence-electron chi connectivity index (χ4n) is 2.84. The molecule has 6 heteroatoms. The Morgan fingerprint density at radius 3 is 2.57 bits per heavy atom. The van der Waals surface area contributed by atoms with Gasteiger partial charge in [0.1, 0.15) is 6.61 Å². The molecule has 2 aromatic carbocycles. The number of carbonyl (C=O) groups is 1. The molecule has 154 valence electrons. The normalized spacial score (nSPS) is 16.2. The number of amides is 1. The highest BCUT2D eigenvalue weighted by molar-refractivity contribution is 8.18. The average Bonchev–Trinajstić information content (AvgIpc) is 3.01. The molecule has 0 aliphatic carbocycles. The van der Waals surface area contributed by atoms with Gasteiger partial charge in [0, 0.05) is 7.05 Å². The molecule has 5 nitrogen and oxygen atoms in total. The van der Waals surface area contributed by atoms with Gasteiger partial charge in [-0.3, -0.25) is 9.69 Å². The standard InChI is InChI=1S/C24H24N2O3S/c1-5-14-29-20-13-10-18(15-21(20)28-7-3)16-22-23(27)26(4)24(30-22)25-19-11-8-17(6-2)9-12-19/h1,8-13,15-16H,6-7,14H2,2-4H3/b22-16+,25-24?. The molecule has 1 saturated heterocycles. The third kappa shape index (κ3) is 5.05. The van der Waals surface area contributed by atoms with E-state index in [2.05, 4.69) is 30.0 Å². The number of aliphatic imine (C=N–C) groups is 1. The van der Waals surface area contributed by atoms with E-state index in [1.54, 1.807) is 18.0 Å². The number of carbonyl (C=O) groups excluding carboxylic acids is 1. The molecule has 0 spiro atoms. The number of terminal acetylenes is 1. The van der Waals surface area contributed by atoms with Gasteiger partial charge >= 0.3 is 0 Å². The lowest BCUT2D eigenvalue weighted by Gasteiger charge is -2.11. The van der Waals surface area contributed by atoms with Crippen LogP contribution in [0.3, 0.4) is 0 Å². The Balaban J connectivity index is 1.84. The Morgan fingerprint density at radius 2 is 1.90 bits per heavy atom. The predicted octanol–water partition coefficient (Wildman–Crippen LogP) is 4.89. The number of rotatable bonds is 7. The van der Waals surface area contributed by atoms with Gasteiger partial charge < -0.3 is 9.47 Å². The first-order valence-electron chi connectivity index (χ1n) is 9.74. The van der Waals surface area contributed by atoms with Crippen LogP contribution in [0.1, 0.15) is 25.0 Å². The van der Waals surface area contributed by atoms with Crippen LogP contribution in [-0.4, -0.2) is 36.2 Å². The Bertz CT molecular complexity index is 1020. The van der Waals surface area contributed by atoms with Gasteiger partial charge in [0.2, 0.25) is 0 Å². The molecule has 1 amide bonds. The van der Waals surface area contributed by atoms with Gasteiger partial charge in [-0.1, -0.05) is 31.0 Å². The summed E-state index contributed by atoms with van der Waals surface area (Å²) in [5.74, 6) is 3.53. The zero-order valence-electron chi connectivity index (χ0n) is 17.3. The van der Waals surface area contributed by atoms with E-state index < -0.39 is 0 Å². The van der Waals surface area contributed by atoms with E-state index in [0.717, 1.165) is 17.7 Å². The molecule has 1 aliphatic rings. The Hall–Kier alpha value is -3.17. The van der Waals surface area contributed by atoms with E-state index in [1.165, 1.54) is 17.3 Å². The number of amidine groups is 1. The van der Waals surface area contributed by atoms with Crippen molar-refractivity contribution in [1.82, 2.24) is 4.90 Å². The first-order chi connectivity index (χ1) is 14.5. The summed E-state index contributed by atoms with van der Waals surface area (Å²) in [7, 11) is 1.73. The van der Waals surface area contributed by atoms with Gasteiger partial charge in [-0.2, -0.15) is 0 Å². The number of aryl methyl sites for hydroxylation is 1. The second kappa shape index (κ2) is 10.0. The first-order valence-corrected chi connectivity index (χ1v) is 10.6. The molecule has 30 heavy (non-hydrogen) atoms. The summed E-state index contributed by atoms with van der Waals surface area (Å²) in [5.41, 5.74) is 2.91. The Labute approximate surface area is 181 Å². The van der Waals surface area contributed by atoms with Crippen LogP contribution in [0.2, 0.25) is 0 Å². The highest BCUT2D eigenvalue weighted by Gasteiger charge is 2.30. The monoisotopic (exact) mass is 420 g/mol. The predicted molar refractivity (Wildman–Crippen MR) is 123 cm³/mol. The topological polar surface area (TPSA) is 51.1 Å². The molecule has 1 fully saturated rings. The van der Waals surface area contributed by atoms with E-state index in [0.29, 0.717) is 28.2 Å². The molecular formula is C24H24N2O3S. The molecule has 2 aromatic rings. The van der Waals surface area contributed by atoms with Crippen LogP contribution in [0.15, 0.2) is 52.4 Å². The maximum atomic E-state index is 12.7. The van der Waals surface area contributed by atoms with Crippen LogP contribution in [0.25, 0.3) is 6.08 Å². The number of ether oxygens (including phenoxy) is 2. The summed E-state index contributed by atoms with van der Waals surface area (Å²) in [6, 6.07) is 13.5. The van der Waals surface area contributed by atoms with Gasteiger partial charge in [-0.05, 0) is 66.6 Å². The number of nitrogens with zero attached hydrogens (tertiary/aromatic N) is 2. The molecule has 1 aliphatic heterocycles. The minimum Gasteiger partial charge on any atom is -0.490 e. The molecule has 0 radical (unpaired) electrons. The first kappa shape index (κ1) is 21.5. The number of benzene rings is 2. The van der Waals surface area contributed by atoms with Gasteiger partial charge in [-0.15, -0.1) is 6.42 Å². The lowest BCUT2D eigenvalue weighted by molar-refractivity contribution is -0.121. The summed E-state index contributed by atoms with van der Waals surface area (Å²) in [4.78, 5) is 19.5. The van der Waals surface area contributed by atoms with E-state index in [9.17, 15) is 4.79 Å². The van der Waals surface area contributed by atoms with Crippen molar-refractivity contribution in [3.63, 3.8) is 0 Å². The van der Waals surface area contributed by atoms with Crippen LogP contribution >= 0.6 is 11.8 Å². The third-order valence-corrected chi connectivity index (χ3v) is 5.51. The second-order valence-electron chi connectivity index (χ2n) is 6.52. The van der Waals surface area contributed by atoms with E-state index in [-0.39, 0.29) is 12.5 Å². The minimum atomic E-state index is -0.0884. The van der Waals surface area contributed by atoms with Crippen molar-refractivity contribution in [1.29, 1.82) is 0 Å². The van der Waals surface area contributed by atoms with E-state index in [4.69, 9.17) is 15.9 Å². The van der Waals surface area contributed by atoms with Gasteiger partial charge in [0.25, 0.3) is 5.91 Å². The minimum absolute atomic E-state index is 0.0884. The van der Waals surface area contributed by atoms with Crippen molar-refractivity contribution >= 4 is 34.6 Å². The van der Waals surface area contributed by atoms with Crippen molar-refractivity contribution < 1.29 is 14.3 Å². The molecule has 3 rings (SSSR count). The number of likely N-dealkylation sites (N-methyl/N-ethyl adjacent to an activating group) is 1. The van der Waals surface area contributed by atoms with E-state index in [1.807, 2.05) is 37.3 Å². The fourth-order valence-corrected chi connectivity index (χ4v) is 3.83. The number of hydrogen-bond acceptors (Lipinski definition) is 5. The lowest BCUT2D eigenvalue weighted by atomic mass is 10.1. The summed E-state index contributed by atoms with van der Waals surface area (Å²) < 4.78 is 11.2. The van der Waals surface area contributed by atoms with Gasteiger partial charge in [0.05, 0.1) is 17.2 Å². The molecule has 0 saturated carbocycles. The molecule has 0 unspecified atom stereocenters. The summed E-state index contributed by atoms with van der Waals surface area (Å²) >= 11 is 1.35. The quantitative estimate of drug-likeness (QED) is 0.473. The van der Waals surface area contributed by atoms with Crippen molar-refractivity contribution in [3.05, 3.63) is 58.5 Å². The molecule has 0 aromatic heterocycles. The smallest absolute Gasteiger partial charge is 0.266 e. The van der Waals surface area contributed by atoms with Gasteiger partial charge in [-0.25, -0.2) is 4.99 Å². The molecule has 1 heterocycles. The molecule has 0 atom stereocenters. The number of hydrogen-bond donors (Lipinski definition) is 0. The molecule has 0 bridgehead atoms. The fraction of sp³-hybridized carbons (Fsp3) is 0.250. The Kier molecular flexibility index (Phi) is 7.21. The van der Waals surface area contributed by atoms with Crippen LogP contribution in [0.5, 0.6) is 11.5 Å². The highest BCUT2D eigenvalue weighted by atomic mass is 32.2. The van der Waals surface area contributed by atoms with Crippen LogP contribution in [-0.2, 0) is 11.2 Å². The summed E-state index contributed by atoms with van der Waals surface area (Å²) in [6.07, 6.45) is 8.08. The Morgan fingerprint density at radius 1 is 1.13 bits per heavy atom. The summed E-state index contributed by atoms with van der Waals surface area (Å²) in [6.45, 7) is 4.67. The number of thioether (sulfide) groups is 1. The van der Waals surface area contributed by atoms with Crippen molar-refractivity contribution in [2.45, 2.75) is 20.3 Å². The molecule has 0 N–H and O–H groups in total. The zero-order chi connectivity index (χ0) is 21.5. The largest absolute Gasteiger partial charge is 0.490 e. The van der Waals surface area contributed by atoms with Crippen LogP contribution in [0, 0.1) is 12.3 Å². The van der Waals surface area contributed by atoms with Crippen molar-refractivity contribution in [2.75, 3.05) is 20.3 Å². The van der Waals surface area contributed by atoms with Gasteiger partial charge in [0.15, 0.2) is 16.7 Å². The summed E-state index contributed by atoms with van der Waals surface area (Å²) in [5, 5.41) is 0.648. The van der Waals surface area contributed by atoms with Crippen LogP contribution < -0.4 is 9.47 Å². The lowest BCUT2D eigenvalue weighted by Crippen LogP contribution is -2.23. The van der Waals surface area contributed by atoms with Crippen LogP contribution in [0.4, 0.5) is 5.69 Å². The molecular weight excluding hydrogens is 396 g/mol. The second-order valence-corrected chi connectivity index (χ2v) is 7.53.